The number of H-pyrrole nitrogens is 1. The minimum atomic E-state index is -0.561. The van der Waals surface area contributed by atoms with E-state index >= 15 is 0 Å². The van der Waals surface area contributed by atoms with Crippen molar-refractivity contribution in [3.8, 4) is 0 Å². The number of para-hydroxylation sites is 2. The van der Waals surface area contributed by atoms with Crippen molar-refractivity contribution >= 4 is 16.9 Å². The lowest BCUT2D eigenvalue weighted by molar-refractivity contribution is -0.166. The molecule has 0 bridgehead atoms. The number of hydrogen-bond donors (Lipinski definition) is 3. The second-order valence-corrected chi connectivity index (χ2v) is 7.82. The highest BCUT2D eigenvalue weighted by Crippen LogP contribution is 2.39. The van der Waals surface area contributed by atoms with Gasteiger partial charge in [0.05, 0.1) is 17.6 Å². The molecule has 1 aliphatic rings. The largest absolute Gasteiger partial charge is 0.459 e. The van der Waals surface area contributed by atoms with E-state index in [1.165, 1.54) is 0 Å². The molecular formula is C25H29N3O4. The second kappa shape index (κ2) is 10.4. The van der Waals surface area contributed by atoms with Gasteiger partial charge in [0.2, 0.25) is 6.29 Å². The van der Waals surface area contributed by atoms with Crippen LogP contribution in [0.5, 0.6) is 0 Å². The maximum Gasteiger partial charge on any atom is 0.286 e. The maximum atomic E-state index is 13.0. The van der Waals surface area contributed by atoms with Gasteiger partial charge < -0.3 is 24.9 Å². The van der Waals surface area contributed by atoms with Crippen molar-refractivity contribution in [2.75, 3.05) is 13.2 Å². The van der Waals surface area contributed by atoms with Crippen molar-refractivity contribution in [3.05, 3.63) is 77.8 Å². The van der Waals surface area contributed by atoms with Crippen LogP contribution >= 0.6 is 0 Å². The third-order valence-electron chi connectivity index (χ3n) is 5.67. The number of nitrogens with one attached hydrogen (secondary N) is 2. The molecule has 7 heteroatoms. The summed E-state index contributed by atoms with van der Waals surface area (Å²) in [6.07, 6.45) is 2.68. The molecule has 2 aromatic carbocycles. The number of carbonyl (C=O) groups is 1. The van der Waals surface area contributed by atoms with Crippen LogP contribution in [0.1, 0.15) is 37.1 Å². The molecule has 1 aromatic heterocycles. The molecular weight excluding hydrogens is 406 g/mol. The first-order chi connectivity index (χ1) is 15.7. The van der Waals surface area contributed by atoms with Gasteiger partial charge in [-0.15, -0.1) is 0 Å². The number of aliphatic hydroxyl groups is 1. The Kier molecular flexibility index (Phi) is 7.19. The van der Waals surface area contributed by atoms with Crippen LogP contribution in [0.3, 0.4) is 0 Å². The minimum absolute atomic E-state index is 0.00331. The van der Waals surface area contributed by atoms with Gasteiger partial charge in [-0.05, 0) is 43.5 Å². The smallest absolute Gasteiger partial charge is 0.286 e. The van der Waals surface area contributed by atoms with Crippen LogP contribution in [0.2, 0.25) is 0 Å². The van der Waals surface area contributed by atoms with E-state index in [0.717, 1.165) is 23.0 Å². The van der Waals surface area contributed by atoms with Crippen molar-refractivity contribution < 1.29 is 19.4 Å². The number of ether oxygens (including phenoxy) is 2. The number of imidazole rings is 1. The summed E-state index contributed by atoms with van der Waals surface area (Å²) in [6.45, 7) is 2.74. The van der Waals surface area contributed by atoms with Crippen LogP contribution in [0.25, 0.3) is 11.0 Å². The zero-order chi connectivity index (χ0) is 22.3. The van der Waals surface area contributed by atoms with Crippen LogP contribution in [0, 0.1) is 5.92 Å². The zero-order valence-corrected chi connectivity index (χ0v) is 18.2. The molecule has 3 atom stereocenters. The summed E-state index contributed by atoms with van der Waals surface area (Å²) in [7, 11) is 0. The van der Waals surface area contributed by atoms with E-state index in [4.69, 9.17) is 9.47 Å². The zero-order valence-electron chi connectivity index (χ0n) is 18.2. The van der Waals surface area contributed by atoms with Gasteiger partial charge in [-0.25, -0.2) is 4.98 Å². The van der Waals surface area contributed by atoms with Crippen LogP contribution in [0.4, 0.5) is 0 Å². The summed E-state index contributed by atoms with van der Waals surface area (Å²) < 4.78 is 11.9. The molecule has 3 N–H and O–H groups in total. The molecule has 0 spiro atoms. The monoisotopic (exact) mass is 435 g/mol. The van der Waals surface area contributed by atoms with Crippen molar-refractivity contribution in [2.24, 2.45) is 5.92 Å². The van der Waals surface area contributed by atoms with Gasteiger partial charge in [0.25, 0.3) is 5.91 Å². The molecule has 3 aromatic rings. The Hall–Kier alpha value is -3.16. The number of allylic oxidation sites excluding steroid dienone is 1. The number of aromatic amines is 1. The standard InChI is InChI=1S/C25H29N3O4/c1-2-31-25-18(11-8-14-29)19(17-9-4-3-5-10-17)15-22(32-25)24(30)26-16-23-27-20-12-6-7-13-21(20)28-23/h3-7,9-10,12-13,15,18-19,25,29H,2,8,11,14,16H2,1H3,(H,26,30)(H,27,28)/t18-,19+,25+/m1/s1. The van der Waals surface area contributed by atoms with Gasteiger partial charge in [0.1, 0.15) is 5.82 Å². The van der Waals surface area contributed by atoms with E-state index in [1.54, 1.807) is 0 Å². The summed E-state index contributed by atoms with van der Waals surface area (Å²) in [5.74, 6) is 0.555. The Morgan fingerprint density at radius 3 is 2.72 bits per heavy atom. The Morgan fingerprint density at radius 1 is 1.19 bits per heavy atom. The van der Waals surface area contributed by atoms with E-state index in [2.05, 4.69) is 15.3 Å². The molecule has 4 rings (SSSR count). The lowest BCUT2D eigenvalue weighted by Crippen LogP contribution is -2.39. The SMILES string of the molecule is CCO[C@H]1OC(C(=O)NCc2nc3ccccc3[nH]2)=C[C@@H](c2ccccc2)[C@H]1CCCO. The first kappa shape index (κ1) is 22.0. The Morgan fingerprint density at radius 2 is 1.97 bits per heavy atom. The molecule has 1 aliphatic heterocycles. The molecule has 0 radical (unpaired) electrons. The summed E-state index contributed by atoms with van der Waals surface area (Å²) in [5.41, 5.74) is 2.88. The lowest BCUT2D eigenvalue weighted by Gasteiger charge is -2.37. The van der Waals surface area contributed by atoms with Gasteiger partial charge in [-0.3, -0.25) is 4.79 Å². The predicted octanol–water partition coefficient (Wildman–Crippen LogP) is 3.63. The molecule has 0 unspecified atom stereocenters. The van der Waals surface area contributed by atoms with Crippen molar-refractivity contribution in [1.29, 1.82) is 0 Å². The number of fused-ring (bicyclic) bond motifs is 1. The Bertz CT molecular complexity index is 1030. The average molecular weight is 436 g/mol. The Labute approximate surface area is 187 Å². The Balaban J connectivity index is 1.55. The van der Waals surface area contributed by atoms with Crippen LogP contribution in [-0.2, 0) is 20.8 Å². The number of benzene rings is 2. The third kappa shape index (κ3) is 5.00. The predicted molar refractivity (Wildman–Crippen MR) is 122 cm³/mol. The third-order valence-corrected chi connectivity index (χ3v) is 5.67. The van der Waals surface area contributed by atoms with Gasteiger partial charge in [0, 0.05) is 25.0 Å². The van der Waals surface area contributed by atoms with E-state index in [0.29, 0.717) is 18.9 Å². The van der Waals surface area contributed by atoms with E-state index in [9.17, 15) is 9.90 Å². The molecule has 168 valence electrons. The van der Waals surface area contributed by atoms with E-state index in [-0.39, 0.29) is 36.7 Å². The molecule has 1 amide bonds. The van der Waals surface area contributed by atoms with E-state index in [1.807, 2.05) is 67.6 Å². The average Bonchev–Trinajstić information content (AvgIpc) is 3.25. The highest BCUT2D eigenvalue weighted by Gasteiger charge is 2.37. The number of amides is 1. The van der Waals surface area contributed by atoms with Gasteiger partial charge in [0.15, 0.2) is 5.76 Å². The summed E-state index contributed by atoms with van der Waals surface area (Å²) in [4.78, 5) is 20.7. The first-order valence-corrected chi connectivity index (χ1v) is 11.1. The van der Waals surface area contributed by atoms with Crippen LogP contribution < -0.4 is 5.32 Å². The number of carbonyl (C=O) groups excluding carboxylic acids is 1. The second-order valence-electron chi connectivity index (χ2n) is 7.82. The van der Waals surface area contributed by atoms with Gasteiger partial charge >= 0.3 is 0 Å². The number of aromatic nitrogens is 2. The fraction of sp³-hybridized carbons (Fsp3) is 0.360. The summed E-state index contributed by atoms with van der Waals surface area (Å²) in [6, 6.07) is 17.8. The normalized spacial score (nSPS) is 20.6. The van der Waals surface area contributed by atoms with Crippen LogP contribution in [-0.4, -0.2) is 40.5 Å². The molecule has 0 aliphatic carbocycles. The highest BCUT2D eigenvalue weighted by molar-refractivity contribution is 5.91. The summed E-state index contributed by atoms with van der Waals surface area (Å²) in [5, 5.41) is 12.3. The molecule has 2 heterocycles. The maximum absolute atomic E-state index is 13.0. The molecule has 0 saturated carbocycles. The lowest BCUT2D eigenvalue weighted by atomic mass is 9.80. The number of aliphatic hydroxyl groups excluding tert-OH is 1. The topological polar surface area (TPSA) is 96.5 Å². The number of hydrogen-bond acceptors (Lipinski definition) is 5. The van der Waals surface area contributed by atoms with Crippen molar-refractivity contribution in [3.63, 3.8) is 0 Å². The van der Waals surface area contributed by atoms with Gasteiger partial charge in [-0.2, -0.15) is 0 Å². The number of nitrogens with zero attached hydrogens (tertiary/aromatic N) is 1. The van der Waals surface area contributed by atoms with E-state index < -0.39 is 6.29 Å². The quantitative estimate of drug-likeness (QED) is 0.477. The highest BCUT2D eigenvalue weighted by atomic mass is 16.7. The molecule has 32 heavy (non-hydrogen) atoms. The minimum Gasteiger partial charge on any atom is -0.459 e. The first-order valence-electron chi connectivity index (χ1n) is 11.1. The molecule has 0 fully saturated rings. The van der Waals surface area contributed by atoms with Crippen LogP contribution in [0.15, 0.2) is 66.4 Å². The van der Waals surface area contributed by atoms with Crippen molar-refractivity contribution in [1.82, 2.24) is 15.3 Å². The number of rotatable bonds is 9. The van der Waals surface area contributed by atoms with Gasteiger partial charge in [-0.1, -0.05) is 42.5 Å². The molecule has 7 nitrogen and oxygen atoms in total. The fourth-order valence-corrected chi connectivity index (χ4v) is 4.16. The fourth-order valence-electron chi connectivity index (χ4n) is 4.16. The molecule has 0 saturated heterocycles. The summed E-state index contributed by atoms with van der Waals surface area (Å²) >= 11 is 0. The van der Waals surface area contributed by atoms with Crippen molar-refractivity contribution in [2.45, 2.75) is 38.5 Å².